The van der Waals surface area contributed by atoms with E-state index in [1.165, 1.54) is 14.2 Å². The molecule has 1 aliphatic rings. The van der Waals surface area contributed by atoms with Crippen LogP contribution in [0.15, 0.2) is 18.2 Å². The van der Waals surface area contributed by atoms with Crippen molar-refractivity contribution in [1.82, 2.24) is 10.6 Å². The molecule has 0 aliphatic carbocycles. The first kappa shape index (κ1) is 18.5. The van der Waals surface area contributed by atoms with Crippen molar-refractivity contribution in [3.8, 4) is 11.5 Å². The Labute approximate surface area is 142 Å². The second-order valence-corrected chi connectivity index (χ2v) is 8.18. The number of sulfone groups is 1. The standard InChI is InChI=1S/C16H24N2O5S/c1-22-13-6-4-5-12(14(13)23-2)11-18-15(19)16(24(3,20)21)7-9-17-10-8-16/h4-6,17H,7-11H2,1-3H3,(H,18,19). The summed E-state index contributed by atoms with van der Waals surface area (Å²) in [5, 5.41) is 5.85. The molecular formula is C16H24N2O5S. The van der Waals surface area contributed by atoms with Gasteiger partial charge in [-0.1, -0.05) is 12.1 Å². The number of nitrogens with one attached hydrogen (secondary N) is 2. The van der Waals surface area contributed by atoms with Crippen molar-refractivity contribution in [1.29, 1.82) is 0 Å². The lowest BCUT2D eigenvalue weighted by atomic mass is 9.95. The van der Waals surface area contributed by atoms with Crippen LogP contribution in [0.1, 0.15) is 18.4 Å². The molecule has 1 fully saturated rings. The average molecular weight is 356 g/mol. The molecule has 134 valence electrons. The van der Waals surface area contributed by atoms with Gasteiger partial charge in [0.05, 0.1) is 14.2 Å². The summed E-state index contributed by atoms with van der Waals surface area (Å²) in [7, 11) is -0.470. The van der Waals surface area contributed by atoms with Gasteiger partial charge in [-0.05, 0) is 32.0 Å². The molecule has 0 spiro atoms. The summed E-state index contributed by atoms with van der Waals surface area (Å²) in [5.74, 6) is 0.624. The number of amides is 1. The molecule has 1 saturated heterocycles. The van der Waals surface area contributed by atoms with E-state index in [2.05, 4.69) is 10.6 Å². The Balaban J connectivity index is 2.21. The van der Waals surface area contributed by atoms with E-state index in [-0.39, 0.29) is 19.4 Å². The number of carbonyl (C=O) groups is 1. The monoisotopic (exact) mass is 356 g/mol. The molecule has 2 rings (SSSR count). The lowest BCUT2D eigenvalue weighted by molar-refractivity contribution is -0.124. The number of carbonyl (C=O) groups excluding carboxylic acids is 1. The molecule has 0 atom stereocenters. The van der Waals surface area contributed by atoms with Crippen LogP contribution in [0.4, 0.5) is 0 Å². The van der Waals surface area contributed by atoms with Gasteiger partial charge in [0.15, 0.2) is 26.1 Å². The Morgan fingerprint density at radius 3 is 2.46 bits per heavy atom. The zero-order valence-corrected chi connectivity index (χ0v) is 15.0. The van der Waals surface area contributed by atoms with Gasteiger partial charge in [-0.25, -0.2) is 8.42 Å². The third kappa shape index (κ3) is 3.49. The van der Waals surface area contributed by atoms with E-state index in [1.54, 1.807) is 18.2 Å². The van der Waals surface area contributed by atoms with Crippen LogP contribution in [0.2, 0.25) is 0 Å². The van der Waals surface area contributed by atoms with Crippen LogP contribution >= 0.6 is 0 Å². The molecule has 7 nitrogen and oxygen atoms in total. The smallest absolute Gasteiger partial charge is 0.241 e. The fraction of sp³-hybridized carbons (Fsp3) is 0.562. The molecule has 0 radical (unpaired) electrons. The molecule has 1 aliphatic heterocycles. The number of ether oxygens (including phenoxy) is 2. The highest BCUT2D eigenvalue weighted by Gasteiger charge is 2.48. The summed E-state index contributed by atoms with van der Waals surface area (Å²) in [6.45, 7) is 1.18. The van der Waals surface area contributed by atoms with E-state index in [1.807, 2.05) is 0 Å². The van der Waals surface area contributed by atoms with Crippen molar-refractivity contribution < 1.29 is 22.7 Å². The molecule has 2 N–H and O–H groups in total. The Hall–Kier alpha value is -1.80. The SMILES string of the molecule is COc1cccc(CNC(=O)C2(S(C)(=O)=O)CCNCC2)c1OC. The Morgan fingerprint density at radius 2 is 1.92 bits per heavy atom. The van der Waals surface area contributed by atoms with Gasteiger partial charge in [-0.2, -0.15) is 0 Å². The second kappa shape index (κ2) is 7.40. The van der Waals surface area contributed by atoms with Crippen molar-refractivity contribution in [2.45, 2.75) is 24.1 Å². The van der Waals surface area contributed by atoms with Crippen LogP contribution in [0.25, 0.3) is 0 Å². The van der Waals surface area contributed by atoms with Gasteiger partial charge in [-0.15, -0.1) is 0 Å². The first-order valence-corrected chi connectivity index (χ1v) is 9.63. The number of methoxy groups -OCH3 is 2. The molecule has 1 amide bonds. The molecule has 1 aromatic carbocycles. The topological polar surface area (TPSA) is 93.7 Å². The maximum Gasteiger partial charge on any atom is 0.241 e. The van der Waals surface area contributed by atoms with Crippen LogP contribution in [-0.2, 0) is 21.2 Å². The van der Waals surface area contributed by atoms with Crippen molar-refractivity contribution in [3.05, 3.63) is 23.8 Å². The van der Waals surface area contributed by atoms with Crippen LogP contribution in [-0.4, -0.2) is 52.6 Å². The average Bonchev–Trinajstić information content (AvgIpc) is 2.58. The normalized spacial score (nSPS) is 17.1. The zero-order chi connectivity index (χ0) is 17.8. The molecule has 24 heavy (non-hydrogen) atoms. The highest BCUT2D eigenvalue weighted by atomic mass is 32.2. The van der Waals surface area contributed by atoms with Crippen molar-refractivity contribution in [3.63, 3.8) is 0 Å². The largest absolute Gasteiger partial charge is 0.493 e. The van der Waals surface area contributed by atoms with Crippen molar-refractivity contribution >= 4 is 15.7 Å². The number of hydrogen-bond donors (Lipinski definition) is 2. The molecular weight excluding hydrogens is 332 g/mol. The minimum absolute atomic E-state index is 0.171. The van der Waals surface area contributed by atoms with E-state index >= 15 is 0 Å². The summed E-state index contributed by atoms with van der Waals surface area (Å²) >= 11 is 0. The molecule has 0 aromatic heterocycles. The van der Waals surface area contributed by atoms with Crippen LogP contribution in [0.3, 0.4) is 0 Å². The van der Waals surface area contributed by atoms with Crippen molar-refractivity contribution in [2.75, 3.05) is 33.6 Å². The van der Waals surface area contributed by atoms with Gasteiger partial charge in [0, 0.05) is 18.4 Å². The molecule has 1 heterocycles. The predicted octanol–water partition coefficient (Wildman–Crippen LogP) is 0.487. The Bertz CT molecular complexity index is 696. The van der Waals surface area contributed by atoms with Gasteiger partial charge < -0.3 is 20.1 Å². The van der Waals surface area contributed by atoms with Gasteiger partial charge in [0.25, 0.3) is 0 Å². The summed E-state index contributed by atoms with van der Waals surface area (Å²) < 4.78 is 33.7. The summed E-state index contributed by atoms with van der Waals surface area (Å²) in [6.07, 6.45) is 1.67. The van der Waals surface area contributed by atoms with E-state index in [9.17, 15) is 13.2 Å². The minimum atomic E-state index is -3.53. The minimum Gasteiger partial charge on any atom is -0.493 e. The quantitative estimate of drug-likeness (QED) is 0.770. The maximum atomic E-state index is 12.7. The number of rotatable bonds is 6. The van der Waals surface area contributed by atoms with E-state index in [4.69, 9.17) is 9.47 Å². The third-order valence-corrected chi connectivity index (χ3v) is 6.47. The summed E-state index contributed by atoms with van der Waals surface area (Å²) in [6, 6.07) is 5.35. The van der Waals surface area contributed by atoms with Gasteiger partial charge in [0.1, 0.15) is 0 Å². The molecule has 0 bridgehead atoms. The van der Waals surface area contributed by atoms with Gasteiger partial charge in [0.2, 0.25) is 5.91 Å². The highest BCUT2D eigenvalue weighted by Crippen LogP contribution is 2.31. The molecule has 0 unspecified atom stereocenters. The second-order valence-electron chi connectivity index (χ2n) is 5.85. The number of benzene rings is 1. The van der Waals surface area contributed by atoms with Crippen LogP contribution in [0, 0.1) is 0 Å². The number of piperidine rings is 1. The summed E-state index contributed by atoms with van der Waals surface area (Å²) in [4.78, 5) is 12.7. The van der Waals surface area contributed by atoms with Crippen LogP contribution < -0.4 is 20.1 Å². The Kier molecular flexibility index (Phi) is 5.71. The van der Waals surface area contributed by atoms with E-state index < -0.39 is 20.5 Å². The van der Waals surface area contributed by atoms with Crippen molar-refractivity contribution in [2.24, 2.45) is 0 Å². The maximum absolute atomic E-state index is 12.7. The fourth-order valence-corrected chi connectivity index (χ4v) is 4.38. The molecule has 0 saturated carbocycles. The molecule has 8 heteroatoms. The fourth-order valence-electron chi connectivity index (χ4n) is 3.03. The Morgan fingerprint density at radius 1 is 1.25 bits per heavy atom. The zero-order valence-electron chi connectivity index (χ0n) is 14.2. The first-order valence-electron chi connectivity index (χ1n) is 7.74. The van der Waals surface area contributed by atoms with Gasteiger partial charge >= 0.3 is 0 Å². The number of para-hydroxylation sites is 1. The highest BCUT2D eigenvalue weighted by molar-refractivity contribution is 7.92. The first-order chi connectivity index (χ1) is 11.4. The summed E-state index contributed by atoms with van der Waals surface area (Å²) in [5.41, 5.74) is 0.725. The lowest BCUT2D eigenvalue weighted by Gasteiger charge is -2.34. The van der Waals surface area contributed by atoms with E-state index in [0.29, 0.717) is 24.6 Å². The van der Waals surface area contributed by atoms with Crippen LogP contribution in [0.5, 0.6) is 11.5 Å². The predicted molar refractivity (Wildman–Crippen MR) is 91.1 cm³/mol. The molecule has 1 aromatic rings. The number of hydrogen-bond acceptors (Lipinski definition) is 6. The van der Waals surface area contributed by atoms with Gasteiger partial charge in [-0.3, -0.25) is 4.79 Å². The lowest BCUT2D eigenvalue weighted by Crippen LogP contribution is -2.57. The van der Waals surface area contributed by atoms with E-state index in [0.717, 1.165) is 11.8 Å². The third-order valence-electron chi connectivity index (χ3n) is 4.46.